The van der Waals surface area contributed by atoms with Crippen LogP contribution in [0.1, 0.15) is 61.4 Å². The second-order valence-electron chi connectivity index (χ2n) is 7.88. The summed E-state index contributed by atoms with van der Waals surface area (Å²) in [6.45, 7) is 1.58. The highest BCUT2D eigenvalue weighted by Gasteiger charge is 2.45. The fourth-order valence-corrected chi connectivity index (χ4v) is 4.41. The van der Waals surface area contributed by atoms with Crippen molar-refractivity contribution in [2.75, 3.05) is 10.6 Å². The second-order valence-corrected chi connectivity index (χ2v) is 7.88. The number of halogens is 3. The van der Waals surface area contributed by atoms with Gasteiger partial charge in [-0.15, -0.1) is 0 Å². The van der Waals surface area contributed by atoms with E-state index in [-0.39, 0.29) is 35.8 Å². The second kappa shape index (κ2) is 6.33. The van der Waals surface area contributed by atoms with Crippen LogP contribution >= 0.6 is 0 Å². The van der Waals surface area contributed by atoms with Crippen molar-refractivity contribution < 1.29 is 18.0 Å². The molecular weight excluding hydrogens is 383 g/mol. The molecule has 1 amide bonds. The van der Waals surface area contributed by atoms with Crippen LogP contribution in [0.4, 0.5) is 30.6 Å². The number of alkyl halides is 3. The van der Waals surface area contributed by atoms with E-state index < -0.39 is 11.7 Å². The highest BCUT2D eigenvalue weighted by Crippen LogP contribution is 2.53. The summed E-state index contributed by atoms with van der Waals surface area (Å²) >= 11 is 0. The van der Waals surface area contributed by atoms with Gasteiger partial charge in [-0.25, -0.2) is 4.98 Å². The van der Waals surface area contributed by atoms with Crippen LogP contribution in [-0.4, -0.2) is 26.8 Å². The van der Waals surface area contributed by atoms with E-state index in [1.54, 1.807) is 6.92 Å². The molecule has 1 aromatic carbocycles. The third-order valence-corrected chi connectivity index (χ3v) is 5.82. The van der Waals surface area contributed by atoms with Crippen LogP contribution in [0.25, 0.3) is 0 Å². The van der Waals surface area contributed by atoms with Crippen LogP contribution in [0.15, 0.2) is 24.4 Å². The van der Waals surface area contributed by atoms with Crippen molar-refractivity contribution in [3.63, 3.8) is 0 Å². The van der Waals surface area contributed by atoms with Gasteiger partial charge >= 0.3 is 6.18 Å². The van der Waals surface area contributed by atoms with Gasteiger partial charge in [0.2, 0.25) is 11.9 Å². The average molecular weight is 403 g/mol. The SMILES string of the molecule is CC(=O)N1C2CCC1c1cc(Nc3ncc(C(F)(F)F)c(NC4CC4)n3)ccc12. The van der Waals surface area contributed by atoms with Crippen molar-refractivity contribution in [3.8, 4) is 0 Å². The third-order valence-electron chi connectivity index (χ3n) is 5.82. The van der Waals surface area contributed by atoms with Crippen molar-refractivity contribution in [1.29, 1.82) is 0 Å². The molecule has 0 spiro atoms. The third kappa shape index (κ3) is 3.18. The Hall–Kier alpha value is -2.84. The molecule has 5 rings (SSSR count). The lowest BCUT2D eigenvalue weighted by atomic mass is 9.91. The number of carbonyl (C=O) groups excluding carboxylic acids is 1. The average Bonchev–Trinajstić information content (AvgIpc) is 3.27. The molecule has 6 nitrogen and oxygen atoms in total. The van der Waals surface area contributed by atoms with Gasteiger partial charge < -0.3 is 15.5 Å². The monoisotopic (exact) mass is 403 g/mol. The van der Waals surface area contributed by atoms with E-state index in [9.17, 15) is 18.0 Å². The zero-order chi connectivity index (χ0) is 20.3. The van der Waals surface area contributed by atoms with E-state index in [2.05, 4.69) is 20.6 Å². The van der Waals surface area contributed by atoms with Gasteiger partial charge in [0.1, 0.15) is 11.4 Å². The summed E-state index contributed by atoms with van der Waals surface area (Å²) in [7, 11) is 0. The van der Waals surface area contributed by atoms with Gasteiger partial charge in [0.15, 0.2) is 0 Å². The highest BCUT2D eigenvalue weighted by molar-refractivity contribution is 5.77. The Morgan fingerprint density at radius 3 is 2.52 bits per heavy atom. The van der Waals surface area contributed by atoms with Gasteiger partial charge in [0, 0.05) is 24.8 Å². The standard InChI is InChI=1S/C20H20F3N5O/c1-10(29)28-16-6-7-17(28)14-8-12(4-5-13(14)16)26-19-24-9-15(20(21,22)23)18(27-19)25-11-2-3-11/h4-5,8-9,11,16-17H,2-3,6-7H2,1H3,(H2,24,25,26,27). The van der Waals surface area contributed by atoms with Gasteiger partial charge in [-0.3, -0.25) is 4.79 Å². The maximum Gasteiger partial charge on any atom is 0.421 e. The molecular formula is C20H20F3N5O. The minimum absolute atomic E-state index is 0.0342. The molecule has 1 saturated carbocycles. The summed E-state index contributed by atoms with van der Waals surface area (Å²) in [5.41, 5.74) is 2.06. The van der Waals surface area contributed by atoms with Crippen LogP contribution < -0.4 is 10.6 Å². The Labute approximate surface area is 165 Å². The largest absolute Gasteiger partial charge is 0.421 e. The first-order valence-electron chi connectivity index (χ1n) is 9.72. The zero-order valence-corrected chi connectivity index (χ0v) is 15.8. The first-order valence-corrected chi connectivity index (χ1v) is 9.72. The molecule has 2 aliphatic heterocycles. The number of aromatic nitrogens is 2. The minimum Gasteiger partial charge on any atom is -0.367 e. The van der Waals surface area contributed by atoms with Gasteiger partial charge in [-0.05, 0) is 48.9 Å². The van der Waals surface area contributed by atoms with E-state index in [1.165, 1.54) is 0 Å². The number of hydrogen-bond acceptors (Lipinski definition) is 5. The Kier molecular flexibility index (Phi) is 3.97. The molecule has 2 bridgehead atoms. The number of amides is 1. The number of carbonyl (C=O) groups is 1. The minimum atomic E-state index is -4.52. The maximum atomic E-state index is 13.2. The van der Waals surface area contributed by atoms with Crippen molar-refractivity contribution in [2.24, 2.45) is 0 Å². The van der Waals surface area contributed by atoms with Gasteiger partial charge in [-0.1, -0.05) is 6.07 Å². The van der Waals surface area contributed by atoms with E-state index in [1.807, 2.05) is 23.1 Å². The van der Waals surface area contributed by atoms with Gasteiger partial charge in [0.25, 0.3) is 0 Å². The van der Waals surface area contributed by atoms with E-state index in [4.69, 9.17) is 0 Å². The van der Waals surface area contributed by atoms with Crippen LogP contribution in [0.2, 0.25) is 0 Å². The van der Waals surface area contributed by atoms with Crippen LogP contribution in [0.3, 0.4) is 0 Å². The number of rotatable bonds is 4. The molecule has 1 saturated heterocycles. The Bertz CT molecular complexity index is 989. The summed E-state index contributed by atoms with van der Waals surface area (Å²) in [5, 5.41) is 5.86. The summed E-state index contributed by atoms with van der Waals surface area (Å²) in [5.74, 6) is -0.0294. The molecule has 2 atom stereocenters. The zero-order valence-electron chi connectivity index (χ0n) is 15.8. The molecule has 1 aliphatic carbocycles. The molecule has 152 valence electrons. The molecule has 0 radical (unpaired) electrons. The first kappa shape index (κ1) is 18.2. The quantitative estimate of drug-likeness (QED) is 0.784. The number of anilines is 3. The highest BCUT2D eigenvalue weighted by atomic mass is 19.4. The summed E-state index contributed by atoms with van der Waals surface area (Å²) in [6.07, 6.45) is -0.144. The molecule has 2 aromatic rings. The van der Waals surface area contributed by atoms with Crippen molar-refractivity contribution in [3.05, 3.63) is 41.1 Å². The number of fused-ring (bicyclic) bond motifs is 5. The number of nitrogens with zero attached hydrogens (tertiary/aromatic N) is 3. The molecule has 3 heterocycles. The van der Waals surface area contributed by atoms with Crippen LogP contribution in [-0.2, 0) is 11.0 Å². The molecule has 2 N–H and O–H groups in total. The Morgan fingerprint density at radius 1 is 1.14 bits per heavy atom. The summed E-state index contributed by atoms with van der Waals surface area (Å²) in [4.78, 5) is 21.9. The topological polar surface area (TPSA) is 70.2 Å². The molecule has 1 aromatic heterocycles. The smallest absolute Gasteiger partial charge is 0.367 e. The van der Waals surface area contributed by atoms with Gasteiger partial charge in [0.05, 0.1) is 12.1 Å². The fourth-order valence-electron chi connectivity index (χ4n) is 4.41. The Morgan fingerprint density at radius 2 is 1.86 bits per heavy atom. The molecule has 29 heavy (non-hydrogen) atoms. The van der Waals surface area contributed by atoms with Crippen LogP contribution in [0.5, 0.6) is 0 Å². The van der Waals surface area contributed by atoms with E-state index in [0.717, 1.165) is 43.0 Å². The van der Waals surface area contributed by atoms with E-state index >= 15 is 0 Å². The van der Waals surface area contributed by atoms with Crippen LogP contribution in [0, 0.1) is 0 Å². The number of benzene rings is 1. The summed E-state index contributed by atoms with van der Waals surface area (Å²) in [6, 6.07) is 6.00. The lowest BCUT2D eigenvalue weighted by molar-refractivity contribution is -0.137. The molecule has 2 fully saturated rings. The lowest BCUT2D eigenvalue weighted by Crippen LogP contribution is -2.24. The molecule has 2 unspecified atom stereocenters. The molecule has 9 heteroatoms. The Balaban J connectivity index is 1.42. The molecule has 3 aliphatic rings. The number of hydrogen-bond donors (Lipinski definition) is 2. The van der Waals surface area contributed by atoms with Crippen molar-refractivity contribution in [1.82, 2.24) is 14.9 Å². The first-order chi connectivity index (χ1) is 13.8. The van der Waals surface area contributed by atoms with Crippen molar-refractivity contribution in [2.45, 2.75) is 56.9 Å². The van der Waals surface area contributed by atoms with E-state index in [0.29, 0.717) is 5.69 Å². The predicted octanol–water partition coefficient (Wildman–Crippen LogP) is 4.55. The fraction of sp³-hybridized carbons (Fsp3) is 0.450. The maximum absolute atomic E-state index is 13.2. The summed E-state index contributed by atoms with van der Waals surface area (Å²) < 4.78 is 39.7. The predicted molar refractivity (Wildman–Crippen MR) is 101 cm³/mol. The lowest BCUT2D eigenvalue weighted by Gasteiger charge is -2.20. The van der Waals surface area contributed by atoms with Crippen molar-refractivity contribution >= 4 is 23.4 Å². The normalized spacial score (nSPS) is 22.6. The van der Waals surface area contributed by atoms with Gasteiger partial charge in [-0.2, -0.15) is 18.2 Å². The number of nitrogens with one attached hydrogen (secondary N) is 2.